The van der Waals surface area contributed by atoms with Crippen LogP contribution in [0.4, 0.5) is 11.5 Å². The highest BCUT2D eigenvalue weighted by Crippen LogP contribution is 2.22. The lowest BCUT2D eigenvalue weighted by Gasteiger charge is -2.24. The Bertz CT molecular complexity index is 869. The Labute approximate surface area is 153 Å². The van der Waals surface area contributed by atoms with Gasteiger partial charge < -0.3 is 9.80 Å². The molecule has 7 nitrogen and oxygen atoms in total. The molecule has 0 spiro atoms. The van der Waals surface area contributed by atoms with E-state index in [9.17, 15) is 13.2 Å². The average molecular weight is 374 g/mol. The van der Waals surface area contributed by atoms with Crippen LogP contribution in [-0.2, 0) is 9.84 Å². The lowest BCUT2D eigenvalue weighted by molar-refractivity contribution is 0.0741. The number of hydrogen-bond donors (Lipinski definition) is 0. The first kappa shape index (κ1) is 18.3. The molecule has 0 aliphatic carbocycles. The summed E-state index contributed by atoms with van der Waals surface area (Å²) in [7, 11) is -1.43. The molecule has 8 heteroatoms. The zero-order valence-corrected chi connectivity index (χ0v) is 15.7. The van der Waals surface area contributed by atoms with E-state index in [1.54, 1.807) is 13.2 Å². The van der Waals surface area contributed by atoms with Crippen LogP contribution in [0.25, 0.3) is 0 Å². The smallest absolute Gasteiger partial charge is 0.274 e. The van der Waals surface area contributed by atoms with Gasteiger partial charge in [0.05, 0.1) is 23.9 Å². The van der Waals surface area contributed by atoms with Crippen molar-refractivity contribution in [2.24, 2.45) is 0 Å². The van der Waals surface area contributed by atoms with Crippen LogP contribution in [0.15, 0.2) is 42.7 Å². The predicted octanol–water partition coefficient (Wildman–Crippen LogP) is 1.89. The van der Waals surface area contributed by atoms with E-state index in [1.165, 1.54) is 11.1 Å². The summed E-state index contributed by atoms with van der Waals surface area (Å²) in [5.41, 5.74) is 1.21. The summed E-state index contributed by atoms with van der Waals surface area (Å²) in [6.07, 6.45) is 3.49. The SMILES string of the molecule is CCN(c1ccccc1)c1cnc(C(=O)N(C)C2CCS(=O)(=O)C2)cn1. The quantitative estimate of drug-likeness (QED) is 0.795. The number of nitrogens with zero attached hydrogens (tertiary/aromatic N) is 4. The van der Waals surface area contributed by atoms with Gasteiger partial charge in [0.2, 0.25) is 0 Å². The molecule has 0 saturated carbocycles. The van der Waals surface area contributed by atoms with Crippen LogP contribution in [-0.4, -0.2) is 60.3 Å². The second-order valence-corrected chi connectivity index (χ2v) is 8.54. The number of para-hydroxylation sites is 1. The monoisotopic (exact) mass is 374 g/mol. The number of amides is 1. The summed E-state index contributed by atoms with van der Waals surface area (Å²) >= 11 is 0. The van der Waals surface area contributed by atoms with Crippen LogP contribution in [0.5, 0.6) is 0 Å². The fourth-order valence-electron chi connectivity index (χ4n) is 3.08. The van der Waals surface area contributed by atoms with Crippen LogP contribution < -0.4 is 4.90 Å². The summed E-state index contributed by atoms with van der Waals surface area (Å²) in [5.74, 6) is 0.483. The molecule has 138 valence electrons. The normalized spacial score (nSPS) is 18.5. The van der Waals surface area contributed by atoms with E-state index in [2.05, 4.69) is 9.97 Å². The van der Waals surface area contributed by atoms with Crippen molar-refractivity contribution >= 4 is 27.2 Å². The first-order valence-electron chi connectivity index (χ1n) is 8.53. The Morgan fingerprint density at radius 1 is 1.19 bits per heavy atom. The van der Waals surface area contributed by atoms with Crippen LogP contribution in [0.1, 0.15) is 23.8 Å². The van der Waals surface area contributed by atoms with E-state index in [-0.39, 0.29) is 29.1 Å². The van der Waals surface area contributed by atoms with Gasteiger partial charge in [0, 0.05) is 25.3 Å². The van der Waals surface area contributed by atoms with Crippen molar-refractivity contribution in [3.8, 4) is 0 Å². The minimum absolute atomic E-state index is 0.0123. The summed E-state index contributed by atoms with van der Waals surface area (Å²) in [5, 5.41) is 0. The second kappa shape index (κ2) is 7.41. The van der Waals surface area contributed by atoms with Gasteiger partial charge >= 0.3 is 0 Å². The molecule has 1 aromatic heterocycles. The Morgan fingerprint density at radius 2 is 1.92 bits per heavy atom. The number of rotatable bonds is 5. The summed E-state index contributed by atoms with van der Waals surface area (Å²) in [6, 6.07) is 9.52. The van der Waals surface area contributed by atoms with Crippen LogP contribution in [0, 0.1) is 0 Å². The van der Waals surface area contributed by atoms with Crippen LogP contribution >= 0.6 is 0 Å². The van der Waals surface area contributed by atoms with E-state index in [1.807, 2.05) is 42.2 Å². The molecule has 0 N–H and O–H groups in total. The molecule has 1 atom stereocenters. The third kappa shape index (κ3) is 3.85. The maximum atomic E-state index is 12.6. The van der Waals surface area contributed by atoms with Gasteiger partial charge in [-0.2, -0.15) is 0 Å². The van der Waals surface area contributed by atoms with E-state index < -0.39 is 9.84 Å². The molecule has 0 bridgehead atoms. The molecule has 1 saturated heterocycles. The van der Waals surface area contributed by atoms with Gasteiger partial charge in [0.25, 0.3) is 5.91 Å². The predicted molar refractivity (Wildman–Crippen MR) is 100 cm³/mol. The fraction of sp³-hybridized carbons (Fsp3) is 0.389. The van der Waals surface area contributed by atoms with Crippen molar-refractivity contribution in [1.29, 1.82) is 0 Å². The summed E-state index contributed by atoms with van der Waals surface area (Å²) < 4.78 is 23.2. The van der Waals surface area contributed by atoms with Gasteiger partial charge in [-0.1, -0.05) is 18.2 Å². The maximum absolute atomic E-state index is 12.6. The Morgan fingerprint density at radius 3 is 2.46 bits per heavy atom. The molecule has 2 aromatic rings. The highest BCUT2D eigenvalue weighted by molar-refractivity contribution is 7.91. The zero-order valence-electron chi connectivity index (χ0n) is 14.9. The van der Waals surface area contributed by atoms with E-state index >= 15 is 0 Å². The number of hydrogen-bond acceptors (Lipinski definition) is 6. The van der Waals surface area contributed by atoms with Gasteiger partial charge in [-0.05, 0) is 25.5 Å². The highest BCUT2D eigenvalue weighted by atomic mass is 32.2. The van der Waals surface area contributed by atoms with Crippen molar-refractivity contribution in [3.05, 3.63) is 48.4 Å². The Hall–Kier alpha value is -2.48. The molecular weight excluding hydrogens is 352 g/mol. The van der Waals surface area contributed by atoms with Crippen LogP contribution in [0.2, 0.25) is 0 Å². The van der Waals surface area contributed by atoms with E-state index in [4.69, 9.17) is 0 Å². The molecule has 3 rings (SSSR count). The van der Waals surface area contributed by atoms with Gasteiger partial charge in [-0.25, -0.2) is 18.4 Å². The minimum Gasteiger partial charge on any atom is -0.336 e. The van der Waals surface area contributed by atoms with Gasteiger partial charge in [0.15, 0.2) is 15.7 Å². The molecule has 1 aromatic carbocycles. The minimum atomic E-state index is -3.04. The first-order valence-corrected chi connectivity index (χ1v) is 10.4. The molecule has 1 unspecified atom stereocenters. The van der Waals surface area contributed by atoms with Crippen molar-refractivity contribution in [3.63, 3.8) is 0 Å². The molecule has 1 aliphatic rings. The lowest BCUT2D eigenvalue weighted by Crippen LogP contribution is -2.38. The lowest BCUT2D eigenvalue weighted by atomic mass is 10.2. The molecule has 1 amide bonds. The third-order valence-corrected chi connectivity index (χ3v) is 6.34. The van der Waals surface area contributed by atoms with E-state index in [0.717, 1.165) is 5.69 Å². The summed E-state index contributed by atoms with van der Waals surface area (Å²) in [4.78, 5) is 24.7. The van der Waals surface area contributed by atoms with Gasteiger partial charge in [-0.15, -0.1) is 0 Å². The average Bonchev–Trinajstić information content (AvgIpc) is 3.02. The number of carbonyl (C=O) groups excluding carboxylic acids is 1. The van der Waals surface area contributed by atoms with Gasteiger partial charge in [0.1, 0.15) is 5.69 Å². The summed E-state index contributed by atoms with van der Waals surface area (Å²) in [6.45, 7) is 2.73. The number of aromatic nitrogens is 2. The first-order chi connectivity index (χ1) is 12.4. The maximum Gasteiger partial charge on any atom is 0.274 e. The third-order valence-electron chi connectivity index (χ3n) is 4.59. The van der Waals surface area contributed by atoms with Gasteiger partial charge in [-0.3, -0.25) is 4.79 Å². The number of benzene rings is 1. The van der Waals surface area contributed by atoms with Crippen molar-refractivity contribution in [2.75, 3.05) is 30.0 Å². The topological polar surface area (TPSA) is 83.5 Å². The highest BCUT2D eigenvalue weighted by Gasteiger charge is 2.33. The largest absolute Gasteiger partial charge is 0.336 e. The molecular formula is C18H22N4O3S. The van der Waals surface area contributed by atoms with E-state index in [0.29, 0.717) is 18.8 Å². The Kier molecular flexibility index (Phi) is 5.22. The standard InChI is InChI=1S/C18H22N4O3S/c1-3-22(14-7-5-4-6-8-14)17-12-19-16(11-20-17)18(23)21(2)15-9-10-26(24,25)13-15/h4-8,11-12,15H,3,9-10,13H2,1-2H3. The van der Waals surface area contributed by atoms with Crippen molar-refractivity contribution in [2.45, 2.75) is 19.4 Å². The van der Waals surface area contributed by atoms with Crippen molar-refractivity contribution in [1.82, 2.24) is 14.9 Å². The zero-order chi connectivity index (χ0) is 18.7. The molecule has 1 fully saturated rings. The Balaban J connectivity index is 1.75. The fourth-order valence-corrected chi connectivity index (χ4v) is 4.86. The molecule has 26 heavy (non-hydrogen) atoms. The number of carbonyl (C=O) groups is 1. The van der Waals surface area contributed by atoms with Crippen molar-refractivity contribution < 1.29 is 13.2 Å². The number of anilines is 2. The molecule has 2 heterocycles. The number of sulfone groups is 1. The molecule has 1 aliphatic heterocycles. The molecule has 0 radical (unpaired) electrons. The second-order valence-electron chi connectivity index (χ2n) is 6.31. The van der Waals surface area contributed by atoms with Crippen LogP contribution in [0.3, 0.4) is 0 Å².